The molecule has 1 unspecified atom stereocenters. The van der Waals surface area contributed by atoms with Crippen LogP contribution in [0.2, 0.25) is 0 Å². The lowest BCUT2D eigenvalue weighted by molar-refractivity contribution is -0.202. The van der Waals surface area contributed by atoms with Crippen molar-refractivity contribution in [2.75, 3.05) is 12.3 Å². The van der Waals surface area contributed by atoms with E-state index in [9.17, 15) is 24.4 Å². The number of H-pyrrole nitrogens is 1. The molecule has 15 nitrogen and oxygen atoms in total. The van der Waals surface area contributed by atoms with E-state index >= 15 is 4.39 Å². The van der Waals surface area contributed by atoms with Crippen LogP contribution >= 0.6 is 7.75 Å². The van der Waals surface area contributed by atoms with Crippen molar-refractivity contribution in [1.82, 2.24) is 24.6 Å². The van der Waals surface area contributed by atoms with Gasteiger partial charge in [0.05, 0.1) is 12.4 Å². The number of aromatic nitrogens is 4. The number of nitrogens with zero attached hydrogens (tertiary/aromatic N) is 3. The van der Waals surface area contributed by atoms with E-state index < -0.39 is 62.3 Å². The van der Waals surface area contributed by atoms with E-state index in [1.165, 1.54) is 19.1 Å². The zero-order valence-electron chi connectivity index (χ0n) is 21.1. The quantitative estimate of drug-likeness (QED) is 0.168. The van der Waals surface area contributed by atoms with Gasteiger partial charge in [-0.25, -0.2) is 13.9 Å². The number of aliphatic hydroxyl groups excluding tert-OH is 2. The van der Waals surface area contributed by atoms with Gasteiger partial charge in [-0.15, -0.1) is 0 Å². The Labute approximate surface area is 220 Å². The van der Waals surface area contributed by atoms with E-state index in [2.05, 4.69) is 20.0 Å². The first kappa shape index (κ1) is 28.6. The summed E-state index contributed by atoms with van der Waals surface area (Å²) in [6, 6.07) is 6.53. The fraction of sp³-hybridized carbons (Fsp3) is 0.455. The minimum atomic E-state index is -4.53. The number of nitrogen functional groups attached to an aromatic ring is 1. The number of hydrogen-bond donors (Lipinski definition) is 5. The zero-order valence-corrected chi connectivity index (χ0v) is 21.9. The zero-order chi connectivity index (χ0) is 28.5. The summed E-state index contributed by atoms with van der Waals surface area (Å²) >= 11 is 0. The average Bonchev–Trinajstić information content (AvgIpc) is 3.38. The minimum absolute atomic E-state index is 0.0650. The third-order valence-electron chi connectivity index (χ3n) is 5.56. The molecule has 1 aliphatic heterocycles. The van der Waals surface area contributed by atoms with E-state index in [4.69, 9.17) is 24.3 Å². The molecule has 1 aromatic carbocycles. The highest BCUT2D eigenvalue weighted by Crippen LogP contribution is 2.48. The molecule has 1 fully saturated rings. The van der Waals surface area contributed by atoms with Crippen LogP contribution < -0.4 is 20.9 Å². The molecule has 0 radical (unpaired) electrons. The molecule has 6 atom stereocenters. The number of imidazole rings is 1. The van der Waals surface area contributed by atoms with Gasteiger partial charge in [-0.2, -0.15) is 10.1 Å². The van der Waals surface area contributed by atoms with Crippen LogP contribution in [-0.2, 0) is 23.4 Å². The molecule has 212 valence electrons. The number of ether oxygens (including phenoxy) is 2. The van der Waals surface area contributed by atoms with Crippen molar-refractivity contribution >= 4 is 30.8 Å². The summed E-state index contributed by atoms with van der Waals surface area (Å²) in [5.74, 6) is -4.11. The molecule has 6 N–H and O–H groups in total. The molecule has 3 heterocycles. The Kier molecular flexibility index (Phi) is 8.07. The topological polar surface area (TPSA) is 213 Å². The van der Waals surface area contributed by atoms with Crippen molar-refractivity contribution in [3.63, 3.8) is 0 Å². The minimum Gasteiger partial charge on any atom is -0.462 e. The number of carbonyl (C=O) groups is 1. The van der Waals surface area contributed by atoms with Crippen LogP contribution in [-0.4, -0.2) is 72.5 Å². The summed E-state index contributed by atoms with van der Waals surface area (Å²) in [5.41, 5.74) is 4.57. The van der Waals surface area contributed by atoms with E-state index in [0.717, 1.165) is 10.9 Å². The molecule has 39 heavy (non-hydrogen) atoms. The third-order valence-corrected chi connectivity index (χ3v) is 7.18. The Hall–Kier alpha value is -3.40. The van der Waals surface area contributed by atoms with Crippen molar-refractivity contribution in [2.45, 2.75) is 57.2 Å². The Morgan fingerprint density at radius 2 is 2.03 bits per heavy atom. The molecule has 1 saturated heterocycles. The maximum Gasteiger partial charge on any atom is 0.459 e. The van der Waals surface area contributed by atoms with Gasteiger partial charge in [-0.1, -0.05) is 18.2 Å². The predicted octanol–water partition coefficient (Wildman–Crippen LogP) is 0.752. The molecule has 3 aromatic rings. The molecule has 0 spiro atoms. The number of aliphatic hydroxyl groups is 2. The second-order valence-electron chi connectivity index (χ2n) is 9.02. The lowest BCUT2D eigenvalue weighted by Crippen LogP contribution is -2.44. The molecule has 4 rings (SSSR count). The SMILES string of the molecule is CC(C)OC(=O)[C@H](C)N[P@@](=O)(OC[C@@]1(F)OC(n2cnc3c(=O)[nH]c(N)nc32)[C@H](O)[C@@H]1O)Oc1ccccc1. The summed E-state index contributed by atoms with van der Waals surface area (Å²) < 4.78 is 51.7. The fourth-order valence-corrected chi connectivity index (χ4v) is 5.23. The largest absolute Gasteiger partial charge is 0.462 e. The van der Waals surface area contributed by atoms with Crippen molar-refractivity contribution in [3.8, 4) is 5.75 Å². The standard InChI is InChI=1S/C22H28FN6O9P/c1-11(2)36-20(33)12(3)28-39(34,38-13-7-5-4-6-8-13)35-9-22(23)16(31)15(30)19(37-22)29-10-25-14-17(29)26-21(24)27-18(14)32/h4-8,10-12,15-16,19,30-31H,9H2,1-3H3,(H,28,34)(H3,24,26,27,32)/t12-,15+,16-,19?,22+,39+/m0/s1. The predicted molar refractivity (Wildman–Crippen MR) is 133 cm³/mol. The molecular formula is C22H28FN6O9P. The Balaban J connectivity index is 1.57. The summed E-state index contributed by atoms with van der Waals surface area (Å²) in [5, 5.41) is 23.5. The number of para-hydroxylation sites is 1. The lowest BCUT2D eigenvalue weighted by atomic mass is 10.1. The lowest BCUT2D eigenvalue weighted by Gasteiger charge is -2.27. The number of nitrogens with one attached hydrogen (secondary N) is 2. The number of hydrogen-bond acceptors (Lipinski definition) is 12. The smallest absolute Gasteiger partial charge is 0.459 e. The summed E-state index contributed by atoms with van der Waals surface area (Å²) in [4.78, 5) is 34.4. The van der Waals surface area contributed by atoms with Crippen molar-refractivity contribution in [2.24, 2.45) is 0 Å². The number of carbonyl (C=O) groups excluding carboxylic acids is 1. The number of aromatic amines is 1. The van der Waals surface area contributed by atoms with Gasteiger partial charge in [0.2, 0.25) is 5.95 Å². The second-order valence-corrected chi connectivity index (χ2v) is 10.7. The van der Waals surface area contributed by atoms with Crippen LogP contribution in [0.5, 0.6) is 5.75 Å². The summed E-state index contributed by atoms with van der Waals surface area (Å²) in [7, 11) is -4.53. The van der Waals surface area contributed by atoms with Crippen LogP contribution in [0.25, 0.3) is 11.2 Å². The normalized spacial score (nSPS) is 25.5. The van der Waals surface area contributed by atoms with Crippen LogP contribution in [0.4, 0.5) is 10.3 Å². The van der Waals surface area contributed by atoms with E-state index in [1.807, 2.05) is 0 Å². The van der Waals surface area contributed by atoms with Gasteiger partial charge in [0.25, 0.3) is 11.4 Å². The molecular weight excluding hydrogens is 542 g/mol. The monoisotopic (exact) mass is 570 g/mol. The Morgan fingerprint density at radius 1 is 1.33 bits per heavy atom. The fourth-order valence-electron chi connectivity index (χ4n) is 3.73. The number of halogens is 1. The van der Waals surface area contributed by atoms with Crippen LogP contribution in [0.15, 0.2) is 41.5 Å². The summed E-state index contributed by atoms with van der Waals surface area (Å²) in [6.07, 6.45) is -5.17. The Bertz CT molecular complexity index is 1440. The second kappa shape index (κ2) is 11.0. The molecule has 0 bridgehead atoms. The molecule has 17 heteroatoms. The van der Waals surface area contributed by atoms with Crippen molar-refractivity contribution in [1.29, 1.82) is 0 Å². The highest BCUT2D eigenvalue weighted by Gasteiger charge is 2.57. The van der Waals surface area contributed by atoms with Gasteiger partial charge in [0, 0.05) is 0 Å². The van der Waals surface area contributed by atoms with Gasteiger partial charge in [0.1, 0.15) is 30.6 Å². The van der Waals surface area contributed by atoms with Crippen molar-refractivity contribution in [3.05, 3.63) is 47.0 Å². The van der Waals surface area contributed by atoms with E-state index in [0.29, 0.717) is 0 Å². The molecule has 1 aliphatic rings. The number of anilines is 1. The number of nitrogens with two attached hydrogens (primary N) is 1. The summed E-state index contributed by atoms with van der Waals surface area (Å²) in [6.45, 7) is 3.37. The van der Waals surface area contributed by atoms with Crippen molar-refractivity contribution < 1.29 is 42.5 Å². The first-order valence-corrected chi connectivity index (χ1v) is 13.3. The number of benzene rings is 1. The molecule has 0 saturated carbocycles. The first-order chi connectivity index (χ1) is 18.3. The van der Waals surface area contributed by atoms with Gasteiger partial charge in [0.15, 0.2) is 17.4 Å². The number of fused-ring (bicyclic) bond motifs is 1. The Morgan fingerprint density at radius 3 is 2.69 bits per heavy atom. The number of alkyl halides is 1. The van der Waals surface area contributed by atoms with Gasteiger partial charge in [-0.05, 0) is 32.9 Å². The molecule has 0 amide bonds. The first-order valence-electron chi connectivity index (χ1n) is 11.7. The number of esters is 1. The van der Waals surface area contributed by atoms with Gasteiger partial charge in [-0.3, -0.25) is 23.7 Å². The van der Waals surface area contributed by atoms with Gasteiger partial charge < -0.3 is 29.9 Å². The van der Waals surface area contributed by atoms with Crippen LogP contribution in [0, 0.1) is 0 Å². The highest BCUT2D eigenvalue weighted by molar-refractivity contribution is 7.52. The van der Waals surface area contributed by atoms with Crippen LogP contribution in [0.3, 0.4) is 0 Å². The highest BCUT2D eigenvalue weighted by atomic mass is 31.2. The van der Waals surface area contributed by atoms with E-state index in [1.54, 1.807) is 32.0 Å². The molecule has 2 aromatic heterocycles. The average molecular weight is 570 g/mol. The maximum atomic E-state index is 15.9. The van der Waals surface area contributed by atoms with Gasteiger partial charge >= 0.3 is 13.7 Å². The van der Waals surface area contributed by atoms with E-state index in [-0.39, 0.29) is 22.9 Å². The molecule has 0 aliphatic carbocycles. The number of rotatable bonds is 10. The third kappa shape index (κ3) is 6.11. The van der Waals surface area contributed by atoms with Crippen LogP contribution in [0.1, 0.15) is 27.0 Å². The maximum absolute atomic E-state index is 15.9.